The molecule has 112 valence electrons. The molecule has 2 aromatic rings. The van der Waals surface area contributed by atoms with Gasteiger partial charge in [-0.2, -0.15) is 0 Å². The number of aryl methyl sites for hydroxylation is 2. The van der Waals surface area contributed by atoms with Crippen molar-refractivity contribution in [2.24, 2.45) is 0 Å². The van der Waals surface area contributed by atoms with E-state index in [1.165, 1.54) is 17.8 Å². The van der Waals surface area contributed by atoms with Crippen LogP contribution in [0.2, 0.25) is 0 Å². The third-order valence-electron chi connectivity index (χ3n) is 4.05. The maximum atomic E-state index is 12.3. The van der Waals surface area contributed by atoms with Crippen molar-refractivity contribution >= 4 is 28.6 Å². The molecule has 0 aromatic carbocycles. The summed E-state index contributed by atoms with van der Waals surface area (Å²) in [7, 11) is 0. The molecular formula is C15H18N2O3S. The second-order valence-electron chi connectivity index (χ2n) is 5.50. The van der Waals surface area contributed by atoms with Crippen LogP contribution in [0.1, 0.15) is 63.7 Å². The summed E-state index contributed by atoms with van der Waals surface area (Å²) in [5.74, 6) is -0.288. The number of carbonyl (C=O) groups is 2. The summed E-state index contributed by atoms with van der Waals surface area (Å²) < 4.78 is 7.34. The van der Waals surface area contributed by atoms with Gasteiger partial charge in [0.25, 0.3) is 0 Å². The normalized spacial score (nSPS) is 16.3. The van der Waals surface area contributed by atoms with Crippen molar-refractivity contribution in [3.8, 4) is 0 Å². The molecule has 5 nitrogen and oxygen atoms in total. The highest BCUT2D eigenvalue weighted by Crippen LogP contribution is 2.28. The van der Waals surface area contributed by atoms with E-state index in [0.29, 0.717) is 21.2 Å². The largest absolute Gasteiger partial charge is 0.458 e. The van der Waals surface area contributed by atoms with Gasteiger partial charge in [-0.05, 0) is 39.5 Å². The average Bonchev–Trinajstić information content (AvgIpc) is 2.95. The van der Waals surface area contributed by atoms with Gasteiger partial charge in [0.15, 0.2) is 11.2 Å². The molecule has 1 fully saturated rings. The minimum absolute atomic E-state index is 0.0346. The number of hydrogen-bond donors (Lipinski definition) is 0. The molecule has 3 rings (SSSR count). The first-order chi connectivity index (χ1) is 10.1. The smallest absolute Gasteiger partial charge is 0.350 e. The van der Waals surface area contributed by atoms with Gasteiger partial charge in [0.1, 0.15) is 16.7 Å². The van der Waals surface area contributed by atoms with Gasteiger partial charge in [-0.3, -0.25) is 9.20 Å². The van der Waals surface area contributed by atoms with Gasteiger partial charge in [0.2, 0.25) is 0 Å². The van der Waals surface area contributed by atoms with Crippen LogP contribution in [0.4, 0.5) is 0 Å². The fourth-order valence-electron chi connectivity index (χ4n) is 2.89. The minimum Gasteiger partial charge on any atom is -0.458 e. The second-order valence-corrected chi connectivity index (χ2v) is 6.48. The van der Waals surface area contributed by atoms with Crippen LogP contribution < -0.4 is 0 Å². The predicted octanol–water partition coefficient (Wildman–Crippen LogP) is 3.31. The SMILES string of the molecule is Cc1nc2sc(C(=O)OC3CCCCC3)c(C)n2c1C=O. The van der Waals surface area contributed by atoms with Gasteiger partial charge in [0.05, 0.1) is 5.69 Å². The van der Waals surface area contributed by atoms with E-state index in [2.05, 4.69) is 4.98 Å². The number of hydrogen-bond acceptors (Lipinski definition) is 5. The average molecular weight is 306 g/mol. The Morgan fingerprint density at radius 3 is 2.71 bits per heavy atom. The summed E-state index contributed by atoms with van der Waals surface area (Å²) >= 11 is 1.29. The highest BCUT2D eigenvalue weighted by atomic mass is 32.1. The Morgan fingerprint density at radius 1 is 1.33 bits per heavy atom. The van der Waals surface area contributed by atoms with Crippen molar-refractivity contribution in [2.75, 3.05) is 0 Å². The zero-order valence-electron chi connectivity index (χ0n) is 12.2. The van der Waals surface area contributed by atoms with Crippen molar-refractivity contribution in [2.45, 2.75) is 52.1 Å². The molecule has 0 aliphatic heterocycles. The third-order valence-corrected chi connectivity index (χ3v) is 5.17. The Balaban J connectivity index is 1.89. The number of aromatic nitrogens is 2. The van der Waals surface area contributed by atoms with Crippen molar-refractivity contribution in [3.05, 3.63) is 22.0 Å². The van der Waals surface area contributed by atoms with E-state index in [1.807, 2.05) is 6.92 Å². The highest BCUT2D eigenvalue weighted by Gasteiger charge is 2.24. The van der Waals surface area contributed by atoms with E-state index in [4.69, 9.17) is 4.74 Å². The second kappa shape index (κ2) is 5.60. The number of fused-ring (bicyclic) bond motifs is 1. The zero-order valence-corrected chi connectivity index (χ0v) is 13.0. The molecule has 6 heteroatoms. The Bertz CT molecular complexity index is 695. The lowest BCUT2D eigenvalue weighted by Crippen LogP contribution is -2.20. The number of esters is 1. The van der Waals surface area contributed by atoms with Crippen LogP contribution in [-0.4, -0.2) is 27.7 Å². The van der Waals surface area contributed by atoms with Crippen molar-refractivity contribution in [1.29, 1.82) is 0 Å². The van der Waals surface area contributed by atoms with Crippen LogP contribution in [0.5, 0.6) is 0 Å². The molecule has 1 saturated carbocycles. The van der Waals surface area contributed by atoms with Gasteiger partial charge in [-0.25, -0.2) is 9.78 Å². The lowest BCUT2D eigenvalue weighted by atomic mass is 9.98. The van der Waals surface area contributed by atoms with Gasteiger partial charge < -0.3 is 4.74 Å². The summed E-state index contributed by atoms with van der Waals surface area (Å²) in [6.45, 7) is 3.62. The van der Waals surface area contributed by atoms with Crippen molar-refractivity contribution in [3.63, 3.8) is 0 Å². The molecule has 2 aromatic heterocycles. The van der Waals surface area contributed by atoms with Gasteiger partial charge in [-0.15, -0.1) is 0 Å². The molecule has 0 amide bonds. The number of aldehydes is 1. The standard InChI is InChI=1S/C15H18N2O3S/c1-9-12(8-18)17-10(2)13(21-15(17)16-9)14(19)20-11-6-4-3-5-7-11/h8,11H,3-7H2,1-2H3. The predicted molar refractivity (Wildman–Crippen MR) is 80.2 cm³/mol. The summed E-state index contributed by atoms with van der Waals surface area (Å²) in [4.78, 5) is 29.1. The number of rotatable bonds is 3. The number of ether oxygens (including phenoxy) is 1. The molecule has 0 radical (unpaired) electrons. The van der Waals surface area contributed by atoms with Crippen LogP contribution in [0, 0.1) is 13.8 Å². The molecule has 2 heterocycles. The summed E-state index contributed by atoms with van der Waals surface area (Å²) in [5, 5.41) is 0. The van der Waals surface area contributed by atoms with Crippen LogP contribution >= 0.6 is 11.3 Å². The van der Waals surface area contributed by atoms with Crippen molar-refractivity contribution < 1.29 is 14.3 Å². The van der Waals surface area contributed by atoms with Crippen LogP contribution in [0.3, 0.4) is 0 Å². The molecule has 0 unspecified atom stereocenters. The first-order valence-corrected chi connectivity index (χ1v) is 8.08. The van der Waals surface area contributed by atoms with Crippen LogP contribution in [-0.2, 0) is 4.74 Å². The Labute approximate surface area is 126 Å². The van der Waals surface area contributed by atoms with Gasteiger partial charge in [0, 0.05) is 5.69 Å². The van der Waals surface area contributed by atoms with Crippen LogP contribution in [0.25, 0.3) is 4.96 Å². The fourth-order valence-corrected chi connectivity index (χ4v) is 3.95. The van der Waals surface area contributed by atoms with E-state index in [1.54, 1.807) is 11.3 Å². The van der Waals surface area contributed by atoms with E-state index < -0.39 is 0 Å². The molecule has 21 heavy (non-hydrogen) atoms. The molecule has 0 saturated heterocycles. The quantitative estimate of drug-likeness (QED) is 0.644. The summed E-state index contributed by atoms with van der Waals surface area (Å²) in [6, 6.07) is 0. The van der Waals surface area contributed by atoms with E-state index in [-0.39, 0.29) is 12.1 Å². The highest BCUT2D eigenvalue weighted by molar-refractivity contribution is 7.19. The Hall–Kier alpha value is -1.69. The molecular weight excluding hydrogens is 288 g/mol. The number of thiazole rings is 1. The molecule has 0 spiro atoms. The Kier molecular flexibility index (Phi) is 3.80. The summed E-state index contributed by atoms with van der Waals surface area (Å²) in [5.41, 5.74) is 1.93. The number of nitrogens with zero attached hydrogens (tertiary/aromatic N) is 2. The van der Waals surface area contributed by atoms with E-state index in [9.17, 15) is 9.59 Å². The molecule has 1 aliphatic carbocycles. The lowest BCUT2D eigenvalue weighted by Gasteiger charge is -2.21. The zero-order chi connectivity index (χ0) is 15.0. The lowest BCUT2D eigenvalue weighted by molar-refractivity contribution is 0.0215. The van der Waals surface area contributed by atoms with Crippen molar-refractivity contribution in [1.82, 2.24) is 9.38 Å². The molecule has 0 atom stereocenters. The first kappa shape index (κ1) is 14.3. The van der Waals surface area contributed by atoms with Gasteiger partial charge in [-0.1, -0.05) is 17.8 Å². The Morgan fingerprint density at radius 2 is 2.05 bits per heavy atom. The topological polar surface area (TPSA) is 60.7 Å². The van der Waals surface area contributed by atoms with E-state index >= 15 is 0 Å². The minimum atomic E-state index is -0.288. The molecule has 1 aliphatic rings. The first-order valence-electron chi connectivity index (χ1n) is 7.26. The number of carbonyl (C=O) groups excluding carboxylic acids is 2. The molecule has 0 N–H and O–H groups in total. The maximum absolute atomic E-state index is 12.3. The van der Waals surface area contributed by atoms with Crippen LogP contribution in [0.15, 0.2) is 0 Å². The summed E-state index contributed by atoms with van der Waals surface area (Å²) in [6.07, 6.45) is 6.19. The monoisotopic (exact) mass is 306 g/mol. The fraction of sp³-hybridized carbons (Fsp3) is 0.533. The third kappa shape index (κ3) is 2.48. The molecule has 0 bridgehead atoms. The van der Waals surface area contributed by atoms with Gasteiger partial charge >= 0.3 is 5.97 Å². The van der Waals surface area contributed by atoms with E-state index in [0.717, 1.165) is 37.7 Å². The maximum Gasteiger partial charge on any atom is 0.350 e. The number of imidazole rings is 1.